The lowest BCUT2D eigenvalue weighted by atomic mass is 10.1. The summed E-state index contributed by atoms with van der Waals surface area (Å²) >= 11 is 0. The van der Waals surface area contributed by atoms with Gasteiger partial charge in [-0.1, -0.05) is 0 Å². The van der Waals surface area contributed by atoms with Gasteiger partial charge in [0.1, 0.15) is 0 Å². The summed E-state index contributed by atoms with van der Waals surface area (Å²) in [6.45, 7) is 2.77. The molecule has 0 atom stereocenters. The fourth-order valence-electron chi connectivity index (χ4n) is 0.794. The lowest BCUT2D eigenvalue weighted by molar-refractivity contribution is -0.119. The number of Topliss-reactive ketones (excluding diaryl/α,β-unsaturated/α-hetero) is 2. The van der Waals surface area contributed by atoms with Crippen molar-refractivity contribution in [3.05, 3.63) is 23.9 Å². The van der Waals surface area contributed by atoms with E-state index in [1.807, 2.05) is 19.0 Å². The zero-order valence-electron chi connectivity index (χ0n) is 8.50. The molecule has 13 heavy (non-hydrogen) atoms. The SMILES string of the molecule is CC(=O)C(=C/C=C/N(C)C)C(C)=O. The van der Waals surface area contributed by atoms with Crippen LogP contribution in [0.5, 0.6) is 0 Å². The topological polar surface area (TPSA) is 37.4 Å². The third-order valence-corrected chi connectivity index (χ3v) is 1.41. The van der Waals surface area contributed by atoms with Crippen molar-refractivity contribution in [2.24, 2.45) is 0 Å². The van der Waals surface area contributed by atoms with Gasteiger partial charge in [-0.25, -0.2) is 0 Å². The molecule has 0 fully saturated rings. The Morgan fingerprint density at radius 2 is 1.54 bits per heavy atom. The zero-order valence-corrected chi connectivity index (χ0v) is 8.50. The first-order chi connectivity index (χ1) is 5.95. The van der Waals surface area contributed by atoms with Gasteiger partial charge in [0.25, 0.3) is 0 Å². The quantitative estimate of drug-likeness (QED) is 0.283. The van der Waals surface area contributed by atoms with Gasteiger partial charge < -0.3 is 4.90 Å². The van der Waals surface area contributed by atoms with Gasteiger partial charge in [0.05, 0.1) is 5.57 Å². The van der Waals surface area contributed by atoms with E-state index in [9.17, 15) is 9.59 Å². The van der Waals surface area contributed by atoms with E-state index in [0.29, 0.717) is 0 Å². The second-order valence-corrected chi connectivity index (χ2v) is 3.00. The summed E-state index contributed by atoms with van der Waals surface area (Å²) in [6.07, 6.45) is 4.98. The van der Waals surface area contributed by atoms with E-state index in [2.05, 4.69) is 0 Å². The van der Waals surface area contributed by atoms with Crippen molar-refractivity contribution in [3.8, 4) is 0 Å². The molecule has 0 N–H and O–H groups in total. The molecule has 72 valence electrons. The van der Waals surface area contributed by atoms with Gasteiger partial charge in [-0.15, -0.1) is 0 Å². The Morgan fingerprint density at radius 3 is 1.85 bits per heavy atom. The minimum atomic E-state index is -0.198. The van der Waals surface area contributed by atoms with Crippen molar-refractivity contribution in [2.75, 3.05) is 14.1 Å². The van der Waals surface area contributed by atoms with Crippen LogP contribution in [0.4, 0.5) is 0 Å². The van der Waals surface area contributed by atoms with Crippen molar-refractivity contribution in [1.82, 2.24) is 4.90 Å². The molecule has 0 saturated heterocycles. The Labute approximate surface area is 78.7 Å². The lowest BCUT2D eigenvalue weighted by Crippen LogP contribution is -2.05. The highest BCUT2D eigenvalue weighted by molar-refractivity contribution is 6.18. The summed E-state index contributed by atoms with van der Waals surface area (Å²) in [6, 6.07) is 0. The second-order valence-electron chi connectivity index (χ2n) is 3.00. The van der Waals surface area contributed by atoms with E-state index >= 15 is 0 Å². The number of nitrogens with zero attached hydrogens (tertiary/aromatic N) is 1. The highest BCUT2D eigenvalue weighted by Crippen LogP contribution is 1.98. The summed E-state index contributed by atoms with van der Waals surface area (Å²) in [5.74, 6) is -0.396. The lowest BCUT2D eigenvalue weighted by Gasteiger charge is -2.01. The Kier molecular flexibility index (Phi) is 4.74. The van der Waals surface area contributed by atoms with Gasteiger partial charge in [0.15, 0.2) is 11.6 Å². The predicted octanol–water partition coefficient (Wildman–Crippen LogP) is 1.17. The van der Waals surface area contributed by atoms with E-state index in [-0.39, 0.29) is 17.1 Å². The molecule has 0 aromatic carbocycles. The standard InChI is InChI=1S/C10H15NO2/c1-8(12)10(9(2)13)6-5-7-11(3)4/h5-7H,1-4H3/b7-5+. The fourth-order valence-corrected chi connectivity index (χ4v) is 0.794. The summed E-state index contributed by atoms with van der Waals surface area (Å²) in [5.41, 5.74) is 0.234. The van der Waals surface area contributed by atoms with Crippen LogP contribution in [0, 0.1) is 0 Å². The molecule has 0 aromatic rings. The molecule has 0 bridgehead atoms. The number of allylic oxidation sites excluding steroid dienone is 3. The summed E-state index contributed by atoms with van der Waals surface area (Å²) in [5, 5.41) is 0. The molecule has 3 heteroatoms. The molecule has 0 spiro atoms. The van der Waals surface area contributed by atoms with Crippen molar-refractivity contribution < 1.29 is 9.59 Å². The molecule has 0 heterocycles. The zero-order chi connectivity index (χ0) is 10.4. The van der Waals surface area contributed by atoms with E-state index in [0.717, 1.165) is 0 Å². The molecule has 0 aromatic heterocycles. The molecule has 0 rings (SSSR count). The van der Waals surface area contributed by atoms with Crippen LogP contribution in [0.3, 0.4) is 0 Å². The van der Waals surface area contributed by atoms with Crippen LogP contribution in [0.25, 0.3) is 0 Å². The first-order valence-electron chi connectivity index (χ1n) is 4.02. The highest BCUT2D eigenvalue weighted by Gasteiger charge is 2.06. The summed E-state index contributed by atoms with van der Waals surface area (Å²) in [4.78, 5) is 23.7. The highest BCUT2D eigenvalue weighted by atomic mass is 16.1. The van der Waals surface area contributed by atoms with Crippen LogP contribution in [0.15, 0.2) is 23.9 Å². The normalized spacial score (nSPS) is 9.85. The molecule has 0 radical (unpaired) electrons. The molecule has 0 unspecified atom stereocenters. The maximum atomic E-state index is 10.9. The second kappa shape index (κ2) is 5.30. The Balaban J connectivity index is 4.56. The molecule has 0 amide bonds. The molecule has 0 aliphatic rings. The molecular formula is C10H15NO2. The number of carbonyl (C=O) groups is 2. The van der Waals surface area contributed by atoms with Crippen LogP contribution >= 0.6 is 0 Å². The van der Waals surface area contributed by atoms with Gasteiger partial charge in [0, 0.05) is 14.1 Å². The number of hydrogen-bond donors (Lipinski definition) is 0. The Hall–Kier alpha value is -1.38. The monoisotopic (exact) mass is 181 g/mol. The molecule has 3 nitrogen and oxygen atoms in total. The minimum absolute atomic E-state index is 0.198. The predicted molar refractivity (Wildman–Crippen MR) is 52.3 cm³/mol. The van der Waals surface area contributed by atoms with Crippen molar-refractivity contribution in [1.29, 1.82) is 0 Å². The molecule has 0 saturated carbocycles. The first-order valence-corrected chi connectivity index (χ1v) is 4.02. The van der Waals surface area contributed by atoms with Crippen LogP contribution < -0.4 is 0 Å². The summed E-state index contributed by atoms with van der Waals surface area (Å²) < 4.78 is 0. The molecule has 0 aliphatic carbocycles. The average molecular weight is 181 g/mol. The summed E-state index contributed by atoms with van der Waals surface area (Å²) in [7, 11) is 3.73. The van der Waals surface area contributed by atoms with Crippen molar-refractivity contribution >= 4 is 11.6 Å². The third-order valence-electron chi connectivity index (χ3n) is 1.41. The Bertz CT molecular complexity index is 246. The van der Waals surface area contributed by atoms with E-state index in [1.165, 1.54) is 19.9 Å². The third kappa shape index (κ3) is 4.95. The van der Waals surface area contributed by atoms with E-state index in [1.54, 1.807) is 12.3 Å². The van der Waals surface area contributed by atoms with E-state index in [4.69, 9.17) is 0 Å². The van der Waals surface area contributed by atoms with Gasteiger partial charge in [-0.3, -0.25) is 9.59 Å². The number of carbonyl (C=O) groups excluding carboxylic acids is 2. The largest absolute Gasteiger partial charge is 0.383 e. The minimum Gasteiger partial charge on any atom is -0.383 e. The van der Waals surface area contributed by atoms with Crippen molar-refractivity contribution in [3.63, 3.8) is 0 Å². The van der Waals surface area contributed by atoms with Crippen LogP contribution in [0.1, 0.15) is 13.8 Å². The number of hydrogen-bond acceptors (Lipinski definition) is 3. The van der Waals surface area contributed by atoms with E-state index < -0.39 is 0 Å². The average Bonchev–Trinajstić information content (AvgIpc) is 1.95. The van der Waals surface area contributed by atoms with Gasteiger partial charge >= 0.3 is 0 Å². The maximum absolute atomic E-state index is 10.9. The Morgan fingerprint density at radius 1 is 1.08 bits per heavy atom. The van der Waals surface area contributed by atoms with Crippen LogP contribution in [0.2, 0.25) is 0 Å². The molecular weight excluding hydrogens is 166 g/mol. The smallest absolute Gasteiger partial charge is 0.163 e. The van der Waals surface area contributed by atoms with Gasteiger partial charge in [0.2, 0.25) is 0 Å². The molecule has 0 aliphatic heterocycles. The van der Waals surface area contributed by atoms with Crippen LogP contribution in [-0.4, -0.2) is 30.6 Å². The fraction of sp³-hybridized carbons (Fsp3) is 0.400. The number of rotatable bonds is 4. The maximum Gasteiger partial charge on any atom is 0.163 e. The van der Waals surface area contributed by atoms with Crippen LogP contribution in [-0.2, 0) is 9.59 Å². The first kappa shape index (κ1) is 11.6. The van der Waals surface area contributed by atoms with Gasteiger partial charge in [-0.2, -0.15) is 0 Å². The number of ketones is 2. The van der Waals surface area contributed by atoms with Gasteiger partial charge in [-0.05, 0) is 32.2 Å². The van der Waals surface area contributed by atoms with Crippen molar-refractivity contribution in [2.45, 2.75) is 13.8 Å².